The molecular formula is C57H63N3O7. The molecule has 348 valence electrons. The lowest BCUT2D eigenvalue weighted by Gasteiger charge is -2.38. The van der Waals surface area contributed by atoms with Gasteiger partial charge in [-0.15, -0.1) is 0 Å². The lowest BCUT2D eigenvalue weighted by atomic mass is 9.85. The molecule has 3 heterocycles. The monoisotopic (exact) mass is 901 g/mol. The number of nitrogens with zero attached hydrogens (tertiary/aromatic N) is 2. The normalized spacial score (nSPS) is 17.3. The Hall–Kier alpha value is -6.49. The fourth-order valence-corrected chi connectivity index (χ4v) is 9.84. The zero-order valence-electron chi connectivity index (χ0n) is 38.8. The Bertz CT molecular complexity index is 2630. The summed E-state index contributed by atoms with van der Waals surface area (Å²) in [6.45, 7) is 6.56. The van der Waals surface area contributed by atoms with Crippen LogP contribution >= 0.6 is 0 Å². The van der Waals surface area contributed by atoms with Crippen LogP contribution < -0.4 is 34.1 Å². The van der Waals surface area contributed by atoms with Gasteiger partial charge >= 0.3 is 5.78 Å². The van der Waals surface area contributed by atoms with Crippen molar-refractivity contribution in [2.45, 2.75) is 82.3 Å². The van der Waals surface area contributed by atoms with Crippen LogP contribution in [0.2, 0.25) is 0 Å². The van der Waals surface area contributed by atoms with Gasteiger partial charge in [-0.3, -0.25) is 4.79 Å². The number of phenolic OH excluding ortho intramolecular Hbond substituents is 1. The second kappa shape index (κ2) is 21.0. The van der Waals surface area contributed by atoms with E-state index in [4.69, 9.17) is 23.9 Å². The summed E-state index contributed by atoms with van der Waals surface area (Å²) in [7, 11) is 1.59. The lowest BCUT2D eigenvalue weighted by molar-refractivity contribution is 0.171. The minimum Gasteiger partial charge on any atom is -0.508 e. The van der Waals surface area contributed by atoms with Crippen molar-refractivity contribution in [2.24, 2.45) is 0 Å². The van der Waals surface area contributed by atoms with Crippen LogP contribution in [0.3, 0.4) is 0 Å². The van der Waals surface area contributed by atoms with E-state index in [0.717, 1.165) is 78.2 Å². The van der Waals surface area contributed by atoms with Crippen LogP contribution in [0, 0.1) is 0 Å². The Morgan fingerprint density at radius 1 is 0.836 bits per heavy atom. The van der Waals surface area contributed by atoms with Crippen LogP contribution in [0.5, 0.6) is 28.7 Å². The first-order valence-corrected chi connectivity index (χ1v) is 24.0. The van der Waals surface area contributed by atoms with Crippen molar-refractivity contribution in [3.05, 3.63) is 160 Å². The van der Waals surface area contributed by atoms with Crippen molar-refractivity contribution in [2.75, 3.05) is 51.4 Å². The molecule has 67 heavy (non-hydrogen) atoms. The van der Waals surface area contributed by atoms with E-state index in [1.165, 1.54) is 24.1 Å². The minimum absolute atomic E-state index is 0.0867. The summed E-state index contributed by atoms with van der Waals surface area (Å²) in [4.78, 5) is 20.0. The van der Waals surface area contributed by atoms with Gasteiger partial charge in [-0.05, 0) is 103 Å². The number of ketones is 1. The molecule has 6 aromatic rings. The first kappa shape index (κ1) is 45.7. The molecule has 0 spiro atoms. The predicted molar refractivity (Wildman–Crippen MR) is 266 cm³/mol. The molecule has 0 bridgehead atoms. The van der Waals surface area contributed by atoms with Gasteiger partial charge in [0.2, 0.25) is 5.75 Å². The fourth-order valence-electron chi connectivity index (χ4n) is 9.84. The number of methoxy groups -OCH3 is 1. The Labute approximate surface area is 394 Å². The second-order valence-corrected chi connectivity index (χ2v) is 18.4. The van der Waals surface area contributed by atoms with Crippen LogP contribution in [0.25, 0.3) is 17.2 Å². The minimum atomic E-state index is -0.777. The molecule has 1 unspecified atom stereocenters. The number of aryl methyl sites for hydroxylation is 1. The molecule has 1 saturated carbocycles. The highest BCUT2D eigenvalue weighted by Gasteiger charge is 2.41. The standard InChI is InChI=1S/C57H62N3O7/c1-57(28-9-10-29-57)50-37-47(56(59-50)60-32-30-58-31-33-60)43-17-11-16-41(36-43)19-25-46-52-51(48(63)38-49(67-52)42-20-23-44(61)24-21-42)54(66-35-27-45(62)22-18-39-12-5-3-6-13-39)55(64-2)53(46)65-34-26-40-14-7-4-8-15-40/h3-8,11-18,20-24,36-37,45,49,58,61-62H,9-10,19,25-35,38H2,1-2H3/q-1/p+1/b22-18+/t45-,49?/m0/s1. The number of anilines is 1. The van der Waals surface area contributed by atoms with Crippen molar-refractivity contribution in [3.63, 3.8) is 0 Å². The lowest BCUT2D eigenvalue weighted by Crippen LogP contribution is -2.44. The summed E-state index contributed by atoms with van der Waals surface area (Å²) in [5.41, 5.74) is 8.85. The Kier molecular flexibility index (Phi) is 14.3. The maximum Gasteiger partial charge on any atom is 0.335 e. The number of benzene rings is 5. The van der Waals surface area contributed by atoms with E-state index in [1.54, 1.807) is 25.3 Å². The summed E-state index contributed by atoms with van der Waals surface area (Å²) in [6.07, 6.45) is 9.35. The molecule has 1 aromatic heterocycles. The Morgan fingerprint density at radius 2 is 1.55 bits per heavy atom. The number of aromatic hydroxyl groups is 1. The van der Waals surface area contributed by atoms with Crippen molar-refractivity contribution in [1.29, 1.82) is 0 Å². The first-order valence-electron chi connectivity index (χ1n) is 24.0. The van der Waals surface area contributed by atoms with Crippen molar-refractivity contribution >= 4 is 17.7 Å². The van der Waals surface area contributed by atoms with Crippen LogP contribution in [-0.2, 0) is 24.7 Å². The van der Waals surface area contributed by atoms with Gasteiger partial charge in [0.1, 0.15) is 24.0 Å². The molecule has 10 heteroatoms. The predicted octanol–water partition coefficient (Wildman–Crippen LogP) is 9.93. The Balaban J connectivity index is 1.08. The van der Waals surface area contributed by atoms with Gasteiger partial charge < -0.3 is 44.4 Å². The third-order valence-corrected chi connectivity index (χ3v) is 13.7. The topological polar surface area (TPSA) is 128 Å². The average Bonchev–Trinajstić information content (AvgIpc) is 4.03. The zero-order valence-corrected chi connectivity index (χ0v) is 38.8. The Morgan fingerprint density at radius 3 is 2.30 bits per heavy atom. The largest absolute Gasteiger partial charge is 0.508 e. The van der Waals surface area contributed by atoms with Gasteiger partial charge in [0.05, 0.1) is 26.4 Å². The third kappa shape index (κ3) is 10.6. The first-order chi connectivity index (χ1) is 32.8. The number of aromatic nitrogens is 1. The molecule has 1 aliphatic carbocycles. The molecule has 2 aliphatic heterocycles. The number of ether oxygens (including phenoxy) is 4. The number of rotatable bonds is 18. The molecule has 5 aromatic carbocycles. The van der Waals surface area contributed by atoms with E-state index in [9.17, 15) is 15.0 Å². The van der Waals surface area contributed by atoms with Crippen LogP contribution in [-0.4, -0.2) is 73.4 Å². The smallest absolute Gasteiger partial charge is 0.335 e. The average molecular weight is 902 g/mol. The van der Waals surface area contributed by atoms with Crippen molar-refractivity contribution < 1.29 is 34.0 Å². The molecule has 0 radical (unpaired) electrons. The number of aliphatic hydroxyl groups excluding tert-OH is 1. The molecule has 0 amide bonds. The van der Waals surface area contributed by atoms with Crippen LogP contribution in [0.15, 0.2) is 121 Å². The van der Waals surface area contributed by atoms with E-state index in [1.807, 2.05) is 66.7 Å². The zero-order chi connectivity index (χ0) is 46.2. The molecule has 2 atom stereocenters. The number of piperazine rings is 1. The number of carbonyl (C=O) groups excluding carboxylic acids is 1. The molecule has 1 saturated heterocycles. The van der Waals surface area contributed by atoms with E-state index in [-0.39, 0.29) is 36.4 Å². The van der Waals surface area contributed by atoms with E-state index in [0.29, 0.717) is 54.4 Å². The van der Waals surface area contributed by atoms with Crippen LogP contribution in [0.4, 0.5) is 5.82 Å². The third-order valence-electron chi connectivity index (χ3n) is 13.7. The highest BCUT2D eigenvalue weighted by atomic mass is 16.5. The van der Waals surface area contributed by atoms with Gasteiger partial charge in [-0.2, -0.15) is 0 Å². The highest BCUT2D eigenvalue weighted by Crippen LogP contribution is 2.53. The fraction of sp³-hybridized carbons (Fsp3) is 0.351. The summed E-state index contributed by atoms with van der Waals surface area (Å²) in [5, 5.41) is 24.7. The molecule has 9 rings (SSSR count). The van der Waals surface area contributed by atoms with Crippen LogP contribution in [0.1, 0.15) is 90.6 Å². The second-order valence-electron chi connectivity index (χ2n) is 18.4. The highest BCUT2D eigenvalue weighted by molar-refractivity contribution is 6.05. The number of aliphatic hydroxyl groups is 1. The van der Waals surface area contributed by atoms with Gasteiger partial charge in [-0.25, -0.2) is 0 Å². The van der Waals surface area contributed by atoms with Gasteiger partial charge in [0.15, 0.2) is 17.1 Å². The molecule has 3 aliphatic rings. The maximum atomic E-state index is 12.1. The van der Waals surface area contributed by atoms with Crippen molar-refractivity contribution in [3.8, 4) is 39.9 Å². The number of fused-ring (bicyclic) bond motifs is 1. The molecule has 2 fully saturated rings. The summed E-state index contributed by atoms with van der Waals surface area (Å²) in [5.74, 6) is 2.92. The maximum absolute atomic E-state index is 12.1. The van der Waals surface area contributed by atoms with E-state index >= 15 is 0 Å². The summed E-state index contributed by atoms with van der Waals surface area (Å²) >= 11 is 0. The van der Waals surface area contributed by atoms with Gasteiger partial charge in [-0.1, -0.05) is 147 Å². The number of hydrogen-bond acceptors (Lipinski definition) is 8. The molecule has 10 nitrogen and oxygen atoms in total. The molecule has 4 N–H and O–H groups in total. The van der Waals surface area contributed by atoms with Gasteiger partial charge in [0, 0.05) is 18.4 Å². The SMILES string of the molecule is COc1c(OCCc2ccccc2)c(CCc2cccc(-c3cc(C4(C)CCCC4)[n-]c3N3CCNCC3)c2)c2c(c1OCC[C@@H](O)/C=C/c1ccccc1)C(=[OH+])CC(c1ccc(O)cc1)O2. The van der Waals surface area contributed by atoms with E-state index < -0.39 is 12.2 Å². The van der Waals surface area contributed by atoms with E-state index in [2.05, 4.69) is 59.6 Å². The molecular weight excluding hydrogens is 839 g/mol. The number of phenols is 1. The summed E-state index contributed by atoms with van der Waals surface area (Å²) < 4.78 is 26.6. The number of hydrogen-bond donors (Lipinski definition) is 3. The quantitative estimate of drug-likeness (QED) is 0.0723. The van der Waals surface area contributed by atoms with Gasteiger partial charge in [0.25, 0.3) is 0 Å². The summed E-state index contributed by atoms with van der Waals surface area (Å²) in [6, 6.07) is 38.1. The van der Waals surface area contributed by atoms with Crippen molar-refractivity contribution in [1.82, 2.24) is 10.3 Å². The number of nitrogens with one attached hydrogen (secondary N) is 1.